The molecule has 4 heteroatoms. The molecule has 3 nitrogen and oxygen atoms in total. The Bertz CT molecular complexity index is 296. The third-order valence-corrected chi connectivity index (χ3v) is 3.93. The summed E-state index contributed by atoms with van der Waals surface area (Å²) >= 11 is 0. The molecule has 0 aliphatic carbocycles. The maximum Gasteiger partial charge on any atom is 0.150 e. The molecule has 0 amide bonds. The Hall–Kier alpha value is -0.530. The van der Waals surface area contributed by atoms with Gasteiger partial charge in [0.1, 0.15) is 9.84 Å². The van der Waals surface area contributed by atoms with Crippen LogP contribution in [0.4, 0.5) is 0 Å². The van der Waals surface area contributed by atoms with Gasteiger partial charge in [-0.15, -0.1) is 5.92 Å². The van der Waals surface area contributed by atoms with Crippen LogP contribution in [0.15, 0.2) is 0 Å². The quantitative estimate of drug-likeness (QED) is 0.648. The molecule has 1 aliphatic rings. The van der Waals surface area contributed by atoms with Crippen LogP contribution in [0.1, 0.15) is 19.8 Å². The zero-order valence-corrected chi connectivity index (χ0v) is 8.65. The van der Waals surface area contributed by atoms with E-state index in [0.29, 0.717) is 24.1 Å². The highest BCUT2D eigenvalue weighted by molar-refractivity contribution is 7.91. The molecule has 74 valence electrons. The molecule has 13 heavy (non-hydrogen) atoms. The van der Waals surface area contributed by atoms with E-state index in [9.17, 15) is 8.42 Å². The summed E-state index contributed by atoms with van der Waals surface area (Å²) in [4.78, 5) is 0. The Morgan fingerprint density at radius 2 is 2.00 bits per heavy atom. The highest BCUT2D eigenvalue weighted by atomic mass is 32.2. The molecule has 0 aromatic heterocycles. The van der Waals surface area contributed by atoms with Gasteiger partial charge in [-0.1, -0.05) is 5.92 Å². The Morgan fingerprint density at radius 1 is 1.38 bits per heavy atom. The standard InChI is InChI=1S/C9H15NO2S/c1-2-3-6-10-9-4-7-13(11,12)8-5-9/h9-10H,4-8H2,1H3. The van der Waals surface area contributed by atoms with Gasteiger partial charge in [-0.2, -0.15) is 0 Å². The summed E-state index contributed by atoms with van der Waals surface area (Å²) in [5.74, 6) is 6.35. The van der Waals surface area contributed by atoms with Crippen molar-refractivity contribution in [1.82, 2.24) is 5.32 Å². The zero-order chi connectivity index (χ0) is 9.73. The molecule has 0 radical (unpaired) electrons. The van der Waals surface area contributed by atoms with Gasteiger partial charge >= 0.3 is 0 Å². The molecule has 0 aromatic carbocycles. The average molecular weight is 201 g/mol. The predicted molar refractivity (Wildman–Crippen MR) is 53.1 cm³/mol. The summed E-state index contributed by atoms with van der Waals surface area (Å²) in [6.45, 7) is 2.47. The van der Waals surface area contributed by atoms with E-state index in [2.05, 4.69) is 17.2 Å². The molecule has 0 unspecified atom stereocenters. The molecule has 1 aliphatic heterocycles. The number of hydrogen-bond acceptors (Lipinski definition) is 3. The van der Waals surface area contributed by atoms with E-state index < -0.39 is 9.84 Å². The molecule has 1 heterocycles. The Morgan fingerprint density at radius 3 is 2.54 bits per heavy atom. The number of sulfone groups is 1. The lowest BCUT2D eigenvalue weighted by Crippen LogP contribution is -2.37. The van der Waals surface area contributed by atoms with Crippen LogP contribution in [-0.2, 0) is 9.84 Å². The highest BCUT2D eigenvalue weighted by Gasteiger charge is 2.22. The molecule has 0 saturated carbocycles. The van der Waals surface area contributed by atoms with E-state index >= 15 is 0 Å². The Kier molecular flexibility index (Phi) is 3.76. The van der Waals surface area contributed by atoms with E-state index in [1.54, 1.807) is 6.92 Å². The first kappa shape index (κ1) is 10.6. The van der Waals surface area contributed by atoms with Crippen molar-refractivity contribution in [2.24, 2.45) is 0 Å². The molecule has 0 bridgehead atoms. The van der Waals surface area contributed by atoms with E-state index in [1.165, 1.54) is 0 Å². The van der Waals surface area contributed by atoms with Gasteiger partial charge in [-0.3, -0.25) is 0 Å². The first-order valence-electron chi connectivity index (χ1n) is 4.47. The summed E-state index contributed by atoms with van der Waals surface area (Å²) in [7, 11) is -2.72. The molecule has 1 N–H and O–H groups in total. The van der Waals surface area contributed by atoms with Crippen molar-refractivity contribution in [2.75, 3.05) is 18.1 Å². The van der Waals surface area contributed by atoms with Crippen LogP contribution < -0.4 is 5.32 Å². The molecular weight excluding hydrogens is 186 g/mol. The fourth-order valence-corrected chi connectivity index (χ4v) is 2.87. The third-order valence-electron chi connectivity index (χ3n) is 2.21. The summed E-state index contributed by atoms with van der Waals surface area (Å²) in [5.41, 5.74) is 0. The number of hydrogen-bond donors (Lipinski definition) is 1. The van der Waals surface area contributed by atoms with Gasteiger partial charge < -0.3 is 5.32 Å². The van der Waals surface area contributed by atoms with E-state index in [0.717, 1.165) is 12.8 Å². The molecule has 0 atom stereocenters. The molecule has 0 spiro atoms. The monoisotopic (exact) mass is 201 g/mol. The highest BCUT2D eigenvalue weighted by Crippen LogP contribution is 2.11. The topological polar surface area (TPSA) is 46.2 Å². The molecule has 0 aromatic rings. The van der Waals surface area contributed by atoms with Gasteiger partial charge in [0.2, 0.25) is 0 Å². The fraction of sp³-hybridized carbons (Fsp3) is 0.778. The first-order chi connectivity index (χ1) is 6.14. The predicted octanol–water partition coefficient (Wildman–Crippen LogP) is 0.177. The van der Waals surface area contributed by atoms with Gasteiger partial charge in [-0.05, 0) is 19.8 Å². The van der Waals surface area contributed by atoms with Crippen LogP contribution in [0.5, 0.6) is 0 Å². The third kappa shape index (κ3) is 3.79. The van der Waals surface area contributed by atoms with Crippen LogP contribution >= 0.6 is 0 Å². The number of rotatable bonds is 2. The van der Waals surface area contributed by atoms with Crippen molar-refractivity contribution in [1.29, 1.82) is 0 Å². The van der Waals surface area contributed by atoms with Crippen molar-refractivity contribution in [3.05, 3.63) is 0 Å². The lowest BCUT2D eigenvalue weighted by molar-refractivity contribution is 0.485. The normalized spacial score (nSPS) is 21.9. The van der Waals surface area contributed by atoms with Gasteiger partial charge in [0.05, 0.1) is 18.1 Å². The molecule has 1 saturated heterocycles. The Balaban J connectivity index is 2.28. The minimum atomic E-state index is -2.72. The first-order valence-corrected chi connectivity index (χ1v) is 6.29. The molecule has 1 fully saturated rings. The van der Waals surface area contributed by atoms with Gasteiger partial charge in [-0.25, -0.2) is 8.42 Å². The lowest BCUT2D eigenvalue weighted by Gasteiger charge is -2.21. The molecular formula is C9H15NO2S. The maximum absolute atomic E-state index is 11.1. The second-order valence-corrected chi connectivity index (χ2v) is 5.54. The zero-order valence-electron chi connectivity index (χ0n) is 7.84. The van der Waals surface area contributed by atoms with Crippen molar-refractivity contribution in [3.8, 4) is 11.8 Å². The van der Waals surface area contributed by atoms with Crippen LogP contribution in [0.3, 0.4) is 0 Å². The summed E-state index contributed by atoms with van der Waals surface area (Å²) in [6, 6.07) is 0.337. The van der Waals surface area contributed by atoms with Gasteiger partial charge in [0.15, 0.2) is 0 Å². The second-order valence-electron chi connectivity index (χ2n) is 3.23. The van der Waals surface area contributed by atoms with Crippen LogP contribution in [-0.4, -0.2) is 32.5 Å². The SMILES string of the molecule is CC#CCNC1CCS(=O)(=O)CC1. The fourth-order valence-electron chi connectivity index (χ4n) is 1.38. The number of nitrogens with one attached hydrogen (secondary N) is 1. The van der Waals surface area contributed by atoms with Crippen LogP contribution in [0.2, 0.25) is 0 Å². The summed E-state index contributed by atoms with van der Waals surface area (Å²) in [6.07, 6.45) is 1.46. The van der Waals surface area contributed by atoms with Crippen molar-refractivity contribution >= 4 is 9.84 Å². The average Bonchev–Trinajstić information content (AvgIpc) is 2.08. The summed E-state index contributed by atoms with van der Waals surface area (Å²) < 4.78 is 22.1. The minimum Gasteiger partial charge on any atom is -0.303 e. The second kappa shape index (κ2) is 4.64. The lowest BCUT2D eigenvalue weighted by atomic mass is 10.1. The van der Waals surface area contributed by atoms with Crippen LogP contribution in [0.25, 0.3) is 0 Å². The minimum absolute atomic E-state index is 0.324. The van der Waals surface area contributed by atoms with Crippen LogP contribution in [0, 0.1) is 11.8 Å². The van der Waals surface area contributed by atoms with E-state index in [1.807, 2.05) is 0 Å². The Labute approximate surface area is 79.8 Å². The largest absolute Gasteiger partial charge is 0.303 e. The maximum atomic E-state index is 11.1. The van der Waals surface area contributed by atoms with E-state index in [-0.39, 0.29) is 0 Å². The van der Waals surface area contributed by atoms with Gasteiger partial charge in [0.25, 0.3) is 0 Å². The smallest absolute Gasteiger partial charge is 0.150 e. The summed E-state index contributed by atoms with van der Waals surface area (Å²) in [5, 5.41) is 3.22. The van der Waals surface area contributed by atoms with Gasteiger partial charge in [0, 0.05) is 6.04 Å². The van der Waals surface area contributed by atoms with Crippen molar-refractivity contribution in [2.45, 2.75) is 25.8 Å². The van der Waals surface area contributed by atoms with E-state index in [4.69, 9.17) is 0 Å². The molecule has 1 rings (SSSR count). The van der Waals surface area contributed by atoms with Crippen molar-refractivity contribution in [3.63, 3.8) is 0 Å². The van der Waals surface area contributed by atoms with Crippen molar-refractivity contribution < 1.29 is 8.42 Å².